The van der Waals surface area contributed by atoms with Crippen LogP contribution in [0.5, 0.6) is 0 Å². The fourth-order valence-electron chi connectivity index (χ4n) is 4.71. The predicted octanol–water partition coefficient (Wildman–Crippen LogP) is 3.89. The molecule has 0 aromatic heterocycles. The zero-order chi connectivity index (χ0) is 19.9. The van der Waals surface area contributed by atoms with E-state index < -0.39 is 17.5 Å². The lowest BCUT2D eigenvalue weighted by molar-refractivity contribution is -0.154. The molecule has 2 aliphatic rings. The highest BCUT2D eigenvalue weighted by molar-refractivity contribution is 7.80. The molecule has 2 fully saturated rings. The van der Waals surface area contributed by atoms with Crippen molar-refractivity contribution >= 4 is 28.9 Å². The Kier molecular flexibility index (Phi) is 4.58. The van der Waals surface area contributed by atoms with Crippen molar-refractivity contribution in [2.75, 3.05) is 0 Å². The lowest BCUT2D eigenvalue weighted by Crippen LogP contribution is -2.66. The van der Waals surface area contributed by atoms with Crippen LogP contribution in [0.2, 0.25) is 0 Å². The van der Waals surface area contributed by atoms with Crippen LogP contribution in [0.1, 0.15) is 49.9 Å². The first kappa shape index (κ1) is 18.8. The van der Waals surface area contributed by atoms with Crippen LogP contribution in [0.4, 0.5) is 0 Å². The molecule has 1 aliphatic heterocycles. The Bertz CT molecular complexity index is 851. The minimum absolute atomic E-state index is 0.0287. The third-order valence-electron chi connectivity index (χ3n) is 5.93. The minimum Gasteiger partial charge on any atom is -0.354 e. The molecule has 1 aliphatic carbocycles. The molecule has 2 atom stereocenters. The van der Waals surface area contributed by atoms with Crippen molar-refractivity contribution in [3.05, 3.63) is 71.8 Å². The summed E-state index contributed by atoms with van der Waals surface area (Å²) in [6, 6.07) is 18.4. The van der Waals surface area contributed by atoms with E-state index in [1.54, 1.807) is 0 Å². The molecule has 1 saturated heterocycles. The fourth-order valence-corrected chi connectivity index (χ4v) is 4.94. The van der Waals surface area contributed by atoms with Gasteiger partial charge in [-0.3, -0.25) is 9.59 Å². The molecule has 28 heavy (non-hydrogen) atoms. The Morgan fingerprint density at radius 1 is 0.786 bits per heavy atom. The van der Waals surface area contributed by atoms with E-state index in [1.807, 2.05) is 74.5 Å². The van der Waals surface area contributed by atoms with Crippen LogP contribution in [0.3, 0.4) is 0 Å². The van der Waals surface area contributed by atoms with Gasteiger partial charge in [0, 0.05) is 12.8 Å². The van der Waals surface area contributed by atoms with E-state index in [-0.39, 0.29) is 17.0 Å². The van der Waals surface area contributed by atoms with Crippen molar-refractivity contribution in [3.8, 4) is 0 Å². The van der Waals surface area contributed by atoms with Crippen molar-refractivity contribution < 1.29 is 9.59 Å². The Morgan fingerprint density at radius 2 is 1.18 bits per heavy atom. The first-order valence-electron chi connectivity index (χ1n) is 9.58. The summed E-state index contributed by atoms with van der Waals surface area (Å²) in [5, 5.41) is 6.98. The number of Topliss-reactive ketones (excluding diaryl/α,β-unsaturated/α-hetero) is 2. The van der Waals surface area contributed by atoms with E-state index >= 15 is 0 Å². The Balaban J connectivity index is 1.94. The topological polar surface area (TPSA) is 58.2 Å². The van der Waals surface area contributed by atoms with E-state index in [9.17, 15) is 9.59 Å². The number of nitrogens with one attached hydrogen (secondary N) is 2. The Labute approximate surface area is 170 Å². The van der Waals surface area contributed by atoms with Crippen LogP contribution in [-0.4, -0.2) is 16.7 Å². The smallest absolute Gasteiger partial charge is 0.167 e. The van der Waals surface area contributed by atoms with E-state index in [0.717, 1.165) is 11.1 Å². The zero-order valence-corrected chi connectivity index (χ0v) is 16.9. The van der Waals surface area contributed by atoms with E-state index in [2.05, 4.69) is 10.6 Å². The summed E-state index contributed by atoms with van der Waals surface area (Å²) in [6.45, 7) is 3.97. The Morgan fingerprint density at radius 3 is 1.57 bits per heavy atom. The molecule has 144 valence electrons. The monoisotopic (exact) mass is 392 g/mol. The highest BCUT2D eigenvalue weighted by Crippen LogP contribution is 2.54. The first-order valence-corrected chi connectivity index (χ1v) is 9.99. The van der Waals surface area contributed by atoms with Crippen molar-refractivity contribution in [2.45, 2.75) is 38.8 Å². The van der Waals surface area contributed by atoms with Crippen LogP contribution in [0.15, 0.2) is 60.7 Å². The summed E-state index contributed by atoms with van der Waals surface area (Å²) in [7, 11) is 0. The van der Waals surface area contributed by atoms with E-state index in [0.29, 0.717) is 18.0 Å². The molecule has 1 saturated carbocycles. The second-order valence-electron chi connectivity index (χ2n) is 8.54. The number of carbonyl (C=O) groups excluding carboxylic acids is 2. The fraction of sp³-hybridized carbons (Fsp3) is 0.348. The lowest BCUT2D eigenvalue weighted by Gasteiger charge is -2.52. The highest BCUT2D eigenvalue weighted by Gasteiger charge is 2.63. The van der Waals surface area contributed by atoms with Gasteiger partial charge in [0.1, 0.15) is 5.41 Å². The average Bonchev–Trinajstić information content (AvgIpc) is 2.67. The minimum atomic E-state index is -1.24. The van der Waals surface area contributed by atoms with Gasteiger partial charge in [0.2, 0.25) is 0 Å². The molecule has 2 unspecified atom stereocenters. The van der Waals surface area contributed by atoms with Crippen molar-refractivity contribution in [3.63, 3.8) is 0 Å². The van der Waals surface area contributed by atoms with Crippen LogP contribution < -0.4 is 10.6 Å². The first-order chi connectivity index (χ1) is 13.3. The second kappa shape index (κ2) is 6.82. The Hall–Kier alpha value is -2.53. The maximum Gasteiger partial charge on any atom is 0.167 e. The third-order valence-corrected chi connectivity index (χ3v) is 6.16. The number of carbonyl (C=O) groups is 2. The quantitative estimate of drug-likeness (QED) is 0.600. The van der Waals surface area contributed by atoms with Gasteiger partial charge in [-0.05, 0) is 28.8 Å². The molecule has 0 amide bonds. The normalized spacial score (nSPS) is 25.9. The van der Waals surface area contributed by atoms with Crippen molar-refractivity contribution in [1.82, 2.24) is 10.6 Å². The number of rotatable bonds is 2. The lowest BCUT2D eigenvalue weighted by atomic mass is 9.55. The van der Waals surface area contributed by atoms with Gasteiger partial charge in [-0.1, -0.05) is 74.5 Å². The van der Waals surface area contributed by atoms with Gasteiger partial charge in [-0.15, -0.1) is 0 Å². The summed E-state index contributed by atoms with van der Waals surface area (Å²) in [5.74, 6) is -0.0575. The van der Waals surface area contributed by atoms with Crippen molar-refractivity contribution in [2.24, 2.45) is 10.8 Å². The SMILES string of the molecule is CC1(C)CC(=O)C2(C(=O)C1)C(c1ccccc1)NC(=S)NC2c1ccccc1. The molecule has 1 heterocycles. The van der Waals surface area contributed by atoms with E-state index in [1.165, 1.54) is 0 Å². The molecule has 4 rings (SSSR count). The second-order valence-corrected chi connectivity index (χ2v) is 8.95. The summed E-state index contributed by atoms with van der Waals surface area (Å²) in [4.78, 5) is 27.5. The summed E-state index contributed by atoms with van der Waals surface area (Å²) in [6.07, 6.45) is 0.725. The van der Waals surface area contributed by atoms with Gasteiger partial charge in [-0.2, -0.15) is 0 Å². The number of ketones is 2. The van der Waals surface area contributed by atoms with Gasteiger partial charge in [0.25, 0.3) is 0 Å². The standard InChI is InChI=1S/C23H24N2O2S/c1-22(2)13-17(26)23(18(27)14-22)19(15-9-5-3-6-10-15)24-21(28)25-20(23)16-11-7-4-8-12-16/h3-12,19-20H,13-14H2,1-2H3,(H2,24,25,28). The largest absolute Gasteiger partial charge is 0.354 e. The van der Waals surface area contributed by atoms with Crippen LogP contribution in [0.25, 0.3) is 0 Å². The van der Waals surface area contributed by atoms with Gasteiger partial charge in [-0.25, -0.2) is 0 Å². The third kappa shape index (κ3) is 2.94. The summed E-state index contributed by atoms with van der Waals surface area (Å²) < 4.78 is 0. The van der Waals surface area contributed by atoms with Gasteiger partial charge >= 0.3 is 0 Å². The number of thiocarbonyl (C=S) groups is 1. The predicted molar refractivity (Wildman–Crippen MR) is 113 cm³/mol. The number of hydrogen-bond donors (Lipinski definition) is 2. The number of hydrogen-bond acceptors (Lipinski definition) is 3. The molecule has 2 aromatic rings. The molecule has 5 heteroatoms. The van der Waals surface area contributed by atoms with E-state index in [4.69, 9.17) is 12.2 Å². The van der Waals surface area contributed by atoms with Gasteiger partial charge < -0.3 is 10.6 Å². The average molecular weight is 393 g/mol. The molecule has 1 spiro atoms. The molecular formula is C23H24N2O2S. The van der Waals surface area contributed by atoms with Crippen molar-refractivity contribution in [1.29, 1.82) is 0 Å². The summed E-state index contributed by atoms with van der Waals surface area (Å²) >= 11 is 5.49. The van der Waals surface area contributed by atoms with Gasteiger partial charge in [0.05, 0.1) is 12.1 Å². The molecule has 4 nitrogen and oxygen atoms in total. The van der Waals surface area contributed by atoms with Crippen LogP contribution >= 0.6 is 12.2 Å². The molecular weight excluding hydrogens is 368 g/mol. The highest BCUT2D eigenvalue weighted by atomic mass is 32.1. The maximum atomic E-state index is 13.7. The van der Waals surface area contributed by atoms with Crippen LogP contribution in [-0.2, 0) is 9.59 Å². The van der Waals surface area contributed by atoms with Crippen LogP contribution in [0, 0.1) is 10.8 Å². The molecule has 0 radical (unpaired) electrons. The summed E-state index contributed by atoms with van der Waals surface area (Å²) in [5.41, 5.74) is 0.225. The maximum absolute atomic E-state index is 13.7. The number of benzene rings is 2. The molecule has 2 N–H and O–H groups in total. The zero-order valence-electron chi connectivity index (χ0n) is 16.1. The molecule has 2 aromatic carbocycles. The van der Waals surface area contributed by atoms with Gasteiger partial charge in [0.15, 0.2) is 16.7 Å². The molecule has 0 bridgehead atoms.